The van der Waals surface area contributed by atoms with Gasteiger partial charge in [-0.3, -0.25) is 9.52 Å². The lowest BCUT2D eigenvalue weighted by molar-refractivity contribution is 0.600. The molecule has 100 valence electrons. The van der Waals surface area contributed by atoms with E-state index in [0.717, 1.165) is 12.0 Å². The summed E-state index contributed by atoms with van der Waals surface area (Å²) in [5, 5.41) is 0. The maximum absolute atomic E-state index is 12.1. The topological polar surface area (TPSA) is 79.0 Å². The van der Waals surface area contributed by atoms with Gasteiger partial charge >= 0.3 is 0 Å². The smallest absolute Gasteiger partial charge is 0.263 e. The molecule has 0 spiro atoms. The molecule has 19 heavy (non-hydrogen) atoms. The fourth-order valence-electron chi connectivity index (χ4n) is 1.63. The van der Waals surface area contributed by atoms with Gasteiger partial charge in [-0.05, 0) is 30.2 Å². The molecule has 5 nitrogen and oxygen atoms in total. The highest BCUT2D eigenvalue weighted by molar-refractivity contribution is 7.92. The maximum atomic E-state index is 12.1. The molecule has 0 atom stereocenters. The van der Waals surface area contributed by atoms with Crippen LogP contribution in [0.4, 0.5) is 5.69 Å². The van der Waals surface area contributed by atoms with Crippen LogP contribution in [0.2, 0.25) is 0 Å². The molecule has 0 unspecified atom stereocenters. The normalized spacial score (nSPS) is 11.2. The predicted octanol–water partition coefficient (Wildman–Crippen LogP) is 1.74. The number of aromatic nitrogens is 1. The number of hydrogen-bond acceptors (Lipinski definition) is 3. The van der Waals surface area contributed by atoms with Crippen LogP contribution in [0, 0.1) is 0 Å². The number of nitrogens with one attached hydrogen (secondary N) is 2. The summed E-state index contributed by atoms with van der Waals surface area (Å²) in [4.78, 5) is 13.3. The second kappa shape index (κ2) is 5.27. The van der Waals surface area contributed by atoms with Crippen molar-refractivity contribution in [3.05, 3.63) is 58.5 Å². The number of hydrogen-bond donors (Lipinski definition) is 2. The zero-order chi connectivity index (χ0) is 13.9. The molecule has 2 aromatic rings. The molecule has 1 aromatic heterocycles. The molecule has 2 N–H and O–H groups in total. The Morgan fingerprint density at radius 3 is 2.63 bits per heavy atom. The van der Waals surface area contributed by atoms with Crippen molar-refractivity contribution in [1.82, 2.24) is 4.98 Å². The molecule has 0 radical (unpaired) electrons. The van der Waals surface area contributed by atoms with Crippen LogP contribution in [0.5, 0.6) is 0 Å². The summed E-state index contributed by atoms with van der Waals surface area (Å²) in [5.41, 5.74) is 1.21. The summed E-state index contributed by atoms with van der Waals surface area (Å²) < 4.78 is 26.6. The molecule has 0 saturated heterocycles. The van der Waals surface area contributed by atoms with E-state index < -0.39 is 10.0 Å². The van der Waals surface area contributed by atoms with Gasteiger partial charge in [0.1, 0.15) is 4.90 Å². The third-order valence-electron chi connectivity index (χ3n) is 2.65. The Balaban J connectivity index is 2.30. The minimum atomic E-state index is -3.68. The average Bonchev–Trinajstić information content (AvgIpc) is 2.39. The Bertz CT molecular complexity index is 715. The van der Waals surface area contributed by atoms with Gasteiger partial charge in [0.05, 0.1) is 0 Å². The Hall–Kier alpha value is -2.08. The lowest BCUT2D eigenvalue weighted by atomic mass is 10.1. The Morgan fingerprint density at radius 1 is 1.21 bits per heavy atom. The fourth-order valence-corrected chi connectivity index (χ4v) is 2.65. The van der Waals surface area contributed by atoms with Crippen LogP contribution in [-0.4, -0.2) is 13.4 Å². The second-order valence-corrected chi connectivity index (χ2v) is 5.73. The summed E-state index contributed by atoms with van der Waals surface area (Å²) in [6, 6.07) is 9.63. The van der Waals surface area contributed by atoms with Crippen molar-refractivity contribution in [3.63, 3.8) is 0 Å². The molecule has 6 heteroatoms. The summed E-state index contributed by atoms with van der Waals surface area (Å²) in [6.45, 7) is 2.00. The van der Waals surface area contributed by atoms with E-state index >= 15 is 0 Å². The second-order valence-electron chi connectivity index (χ2n) is 4.05. The summed E-state index contributed by atoms with van der Waals surface area (Å²) >= 11 is 0. The zero-order valence-corrected chi connectivity index (χ0v) is 11.2. The van der Waals surface area contributed by atoms with Crippen molar-refractivity contribution in [2.24, 2.45) is 0 Å². The fraction of sp³-hybridized carbons (Fsp3) is 0.154. The van der Waals surface area contributed by atoms with Crippen LogP contribution in [0.15, 0.2) is 52.3 Å². The van der Waals surface area contributed by atoms with E-state index in [-0.39, 0.29) is 10.5 Å². The molecule has 2 rings (SSSR count). The first-order valence-corrected chi connectivity index (χ1v) is 7.30. The Kier molecular flexibility index (Phi) is 3.71. The highest BCUT2D eigenvalue weighted by Gasteiger charge is 2.14. The first-order chi connectivity index (χ1) is 9.01. The van der Waals surface area contributed by atoms with Crippen LogP contribution in [-0.2, 0) is 16.4 Å². The molecule has 1 aromatic carbocycles. The van der Waals surface area contributed by atoms with Gasteiger partial charge < -0.3 is 4.98 Å². The maximum Gasteiger partial charge on any atom is 0.263 e. The van der Waals surface area contributed by atoms with Crippen LogP contribution < -0.4 is 10.3 Å². The molecule has 0 aliphatic rings. The minimum absolute atomic E-state index is 0.0222. The first-order valence-electron chi connectivity index (χ1n) is 5.82. The molecule has 0 amide bonds. The van der Waals surface area contributed by atoms with E-state index in [2.05, 4.69) is 9.71 Å². The number of pyridine rings is 1. The monoisotopic (exact) mass is 278 g/mol. The molecule has 0 saturated carbocycles. The largest absolute Gasteiger partial charge is 0.328 e. The first kappa shape index (κ1) is 13.4. The number of benzene rings is 1. The standard InChI is InChI=1S/C13H14N2O3S/c1-2-10-4-3-5-11(8-10)15-19(17,18)12-6-7-13(16)14-9-12/h3-9,15H,2H2,1H3,(H,14,16). The van der Waals surface area contributed by atoms with Gasteiger partial charge in [-0.1, -0.05) is 19.1 Å². The van der Waals surface area contributed by atoms with Crippen molar-refractivity contribution in [2.45, 2.75) is 18.2 Å². The highest BCUT2D eigenvalue weighted by atomic mass is 32.2. The number of anilines is 1. The van der Waals surface area contributed by atoms with E-state index in [1.807, 2.05) is 13.0 Å². The van der Waals surface area contributed by atoms with Gasteiger partial charge in [-0.25, -0.2) is 8.42 Å². The lowest BCUT2D eigenvalue weighted by Crippen LogP contribution is -2.15. The molecule has 0 fully saturated rings. The van der Waals surface area contributed by atoms with E-state index in [1.165, 1.54) is 18.3 Å². The third kappa shape index (κ3) is 3.23. The molecule has 0 bridgehead atoms. The van der Waals surface area contributed by atoms with Crippen LogP contribution >= 0.6 is 0 Å². The van der Waals surface area contributed by atoms with E-state index in [1.54, 1.807) is 18.2 Å². The molecule has 0 aliphatic heterocycles. The van der Waals surface area contributed by atoms with Crippen molar-refractivity contribution >= 4 is 15.7 Å². The molecular formula is C13H14N2O3S. The average molecular weight is 278 g/mol. The molecule has 1 heterocycles. The number of aryl methyl sites for hydroxylation is 1. The van der Waals surface area contributed by atoms with Gasteiger partial charge in [-0.15, -0.1) is 0 Å². The third-order valence-corrected chi connectivity index (χ3v) is 4.03. The predicted molar refractivity (Wildman–Crippen MR) is 73.7 cm³/mol. The summed E-state index contributed by atoms with van der Waals surface area (Å²) in [7, 11) is -3.68. The molecular weight excluding hydrogens is 264 g/mol. The quantitative estimate of drug-likeness (QED) is 0.894. The van der Waals surface area contributed by atoms with Crippen LogP contribution in [0.25, 0.3) is 0 Å². The zero-order valence-electron chi connectivity index (χ0n) is 10.4. The molecule has 0 aliphatic carbocycles. The summed E-state index contributed by atoms with van der Waals surface area (Å²) in [5.74, 6) is 0. The van der Waals surface area contributed by atoms with Crippen molar-refractivity contribution < 1.29 is 8.42 Å². The van der Waals surface area contributed by atoms with E-state index in [4.69, 9.17) is 0 Å². The van der Waals surface area contributed by atoms with Crippen molar-refractivity contribution in [2.75, 3.05) is 4.72 Å². The van der Waals surface area contributed by atoms with Gasteiger partial charge in [0, 0.05) is 18.0 Å². The Morgan fingerprint density at radius 2 is 2.00 bits per heavy atom. The summed E-state index contributed by atoms with van der Waals surface area (Å²) in [6.07, 6.45) is 2.00. The minimum Gasteiger partial charge on any atom is -0.328 e. The van der Waals surface area contributed by atoms with Gasteiger partial charge in [0.15, 0.2) is 0 Å². The van der Waals surface area contributed by atoms with Gasteiger partial charge in [0.25, 0.3) is 10.0 Å². The van der Waals surface area contributed by atoms with Crippen molar-refractivity contribution in [1.29, 1.82) is 0 Å². The SMILES string of the molecule is CCc1cccc(NS(=O)(=O)c2ccc(=O)[nH]c2)c1. The van der Waals surface area contributed by atoms with Crippen LogP contribution in [0.1, 0.15) is 12.5 Å². The van der Waals surface area contributed by atoms with Crippen LogP contribution in [0.3, 0.4) is 0 Å². The van der Waals surface area contributed by atoms with Crippen molar-refractivity contribution in [3.8, 4) is 0 Å². The van der Waals surface area contributed by atoms with Gasteiger partial charge in [0.2, 0.25) is 5.56 Å². The van der Waals surface area contributed by atoms with Gasteiger partial charge in [-0.2, -0.15) is 0 Å². The number of H-pyrrole nitrogens is 1. The van der Waals surface area contributed by atoms with E-state index in [9.17, 15) is 13.2 Å². The lowest BCUT2D eigenvalue weighted by Gasteiger charge is -2.08. The highest BCUT2D eigenvalue weighted by Crippen LogP contribution is 2.16. The number of rotatable bonds is 4. The number of aromatic amines is 1. The Labute approximate surface area is 111 Å². The number of sulfonamides is 1. The van der Waals surface area contributed by atoms with E-state index in [0.29, 0.717) is 5.69 Å².